The molecule has 0 spiro atoms. The lowest BCUT2D eigenvalue weighted by molar-refractivity contribution is 0.0605. The van der Waals surface area contributed by atoms with Crippen LogP contribution in [0, 0.1) is 19.8 Å². The van der Waals surface area contributed by atoms with Crippen molar-refractivity contribution in [1.82, 2.24) is 4.90 Å². The Hall–Kier alpha value is -2.76. The molecule has 0 unspecified atom stereocenters. The number of hydrogen-bond donors (Lipinski definition) is 0. The topological polar surface area (TPSA) is 69.0 Å². The van der Waals surface area contributed by atoms with Crippen molar-refractivity contribution in [3.05, 3.63) is 46.7 Å². The number of carbonyl (C=O) groups excluding carboxylic acids is 2. The van der Waals surface area contributed by atoms with Crippen molar-refractivity contribution < 1.29 is 23.5 Å². The smallest absolute Gasteiger partial charge is 0.289 e. The molecule has 0 saturated carbocycles. The van der Waals surface area contributed by atoms with Crippen LogP contribution in [0.3, 0.4) is 0 Å². The Morgan fingerprint density at radius 1 is 1.11 bits per heavy atom. The van der Waals surface area contributed by atoms with E-state index in [9.17, 15) is 9.59 Å². The number of likely N-dealkylation sites (tertiary alicyclic amines) is 1. The van der Waals surface area contributed by atoms with Crippen molar-refractivity contribution in [3.63, 3.8) is 0 Å². The van der Waals surface area contributed by atoms with Crippen LogP contribution in [0.1, 0.15) is 44.9 Å². The largest absolute Gasteiger partial charge is 0.496 e. The molecule has 0 bridgehead atoms. The summed E-state index contributed by atoms with van der Waals surface area (Å²) in [6, 6.07) is 6.95. The summed E-state index contributed by atoms with van der Waals surface area (Å²) in [4.78, 5) is 27.4. The number of ketones is 1. The van der Waals surface area contributed by atoms with E-state index >= 15 is 0 Å². The van der Waals surface area contributed by atoms with Crippen molar-refractivity contribution in [1.29, 1.82) is 0 Å². The lowest BCUT2D eigenvalue weighted by Gasteiger charge is -2.31. The van der Waals surface area contributed by atoms with Crippen LogP contribution in [-0.4, -0.2) is 43.9 Å². The van der Waals surface area contributed by atoms with Crippen LogP contribution in [0.5, 0.6) is 11.7 Å². The molecule has 2 aromatic rings. The average molecular weight is 371 g/mol. The normalized spacial score (nSPS) is 16.9. The molecule has 1 aliphatic heterocycles. The summed E-state index contributed by atoms with van der Waals surface area (Å²) in [6.45, 7) is 4.88. The van der Waals surface area contributed by atoms with E-state index in [0.29, 0.717) is 24.6 Å². The zero-order valence-corrected chi connectivity index (χ0v) is 16.2. The zero-order chi connectivity index (χ0) is 19.6. The summed E-state index contributed by atoms with van der Waals surface area (Å²) in [5.41, 5.74) is 2.55. The summed E-state index contributed by atoms with van der Waals surface area (Å²) >= 11 is 0. The summed E-state index contributed by atoms with van der Waals surface area (Å²) in [5, 5.41) is 0. The maximum absolute atomic E-state index is 13.0. The van der Waals surface area contributed by atoms with Crippen LogP contribution in [0.25, 0.3) is 0 Å². The molecule has 2 heterocycles. The Balaban J connectivity index is 1.75. The number of ether oxygens (including phenoxy) is 2. The van der Waals surface area contributed by atoms with Gasteiger partial charge in [-0.2, -0.15) is 0 Å². The number of carbonyl (C=O) groups is 2. The van der Waals surface area contributed by atoms with Crippen LogP contribution >= 0.6 is 0 Å². The fourth-order valence-corrected chi connectivity index (χ4v) is 3.73. The molecule has 1 atom stereocenters. The average Bonchev–Trinajstić information content (AvgIpc) is 3.16. The number of Topliss-reactive ketones (excluding diaryl/α,β-unsaturated/α-hetero) is 1. The summed E-state index contributed by atoms with van der Waals surface area (Å²) in [7, 11) is 3.12. The predicted octanol–water partition coefficient (Wildman–Crippen LogP) is 3.65. The number of rotatable bonds is 5. The Morgan fingerprint density at radius 2 is 1.81 bits per heavy atom. The molecule has 27 heavy (non-hydrogen) atoms. The van der Waals surface area contributed by atoms with E-state index in [1.54, 1.807) is 24.1 Å². The first kappa shape index (κ1) is 19.0. The molecule has 0 radical (unpaired) electrons. The molecule has 1 aromatic heterocycles. The first-order valence-electron chi connectivity index (χ1n) is 9.07. The third-order valence-corrected chi connectivity index (χ3v) is 5.02. The van der Waals surface area contributed by atoms with Gasteiger partial charge in [-0.3, -0.25) is 9.59 Å². The Labute approximate surface area is 159 Å². The van der Waals surface area contributed by atoms with E-state index < -0.39 is 0 Å². The molecule has 1 aromatic carbocycles. The van der Waals surface area contributed by atoms with Gasteiger partial charge in [0.25, 0.3) is 11.9 Å². The van der Waals surface area contributed by atoms with Gasteiger partial charge in [0.2, 0.25) is 0 Å². The number of benzene rings is 1. The number of hydrogen-bond acceptors (Lipinski definition) is 5. The van der Waals surface area contributed by atoms with Crippen LogP contribution in [-0.2, 0) is 0 Å². The van der Waals surface area contributed by atoms with E-state index in [0.717, 1.165) is 29.7 Å². The molecule has 6 heteroatoms. The van der Waals surface area contributed by atoms with E-state index in [-0.39, 0.29) is 23.4 Å². The number of nitrogens with zero attached hydrogens (tertiary/aromatic N) is 1. The molecule has 6 nitrogen and oxygen atoms in total. The Morgan fingerprint density at radius 3 is 2.41 bits per heavy atom. The molecular weight excluding hydrogens is 346 g/mol. The minimum Gasteiger partial charge on any atom is -0.496 e. The number of piperidine rings is 1. The van der Waals surface area contributed by atoms with Gasteiger partial charge in [-0.05, 0) is 56.0 Å². The summed E-state index contributed by atoms with van der Waals surface area (Å²) in [6.07, 6.45) is 1.56. The monoisotopic (exact) mass is 371 g/mol. The molecule has 1 fully saturated rings. The van der Waals surface area contributed by atoms with Crippen molar-refractivity contribution in [3.8, 4) is 11.7 Å². The van der Waals surface area contributed by atoms with Crippen LogP contribution in [0.4, 0.5) is 0 Å². The van der Waals surface area contributed by atoms with Gasteiger partial charge in [0, 0.05) is 30.6 Å². The molecule has 3 rings (SSSR count). The molecule has 0 N–H and O–H groups in total. The minimum absolute atomic E-state index is 0.0679. The lowest BCUT2D eigenvalue weighted by Crippen LogP contribution is -2.42. The second-order valence-electron chi connectivity index (χ2n) is 6.92. The van der Waals surface area contributed by atoms with Gasteiger partial charge in [0.15, 0.2) is 11.5 Å². The summed E-state index contributed by atoms with van der Waals surface area (Å²) in [5.74, 6) is 0.977. The highest BCUT2D eigenvalue weighted by molar-refractivity contribution is 5.99. The fraction of sp³-hybridized carbons (Fsp3) is 0.429. The van der Waals surface area contributed by atoms with Gasteiger partial charge in [0.05, 0.1) is 14.2 Å². The van der Waals surface area contributed by atoms with Crippen molar-refractivity contribution >= 4 is 11.7 Å². The number of amides is 1. The van der Waals surface area contributed by atoms with Crippen molar-refractivity contribution in [2.45, 2.75) is 26.7 Å². The number of furan rings is 1. The third kappa shape index (κ3) is 3.84. The lowest BCUT2D eigenvalue weighted by atomic mass is 9.88. The van der Waals surface area contributed by atoms with E-state index in [1.807, 2.05) is 26.0 Å². The number of methoxy groups -OCH3 is 2. The molecule has 1 amide bonds. The predicted molar refractivity (Wildman–Crippen MR) is 101 cm³/mol. The van der Waals surface area contributed by atoms with E-state index in [2.05, 4.69) is 0 Å². The van der Waals surface area contributed by atoms with E-state index in [1.165, 1.54) is 7.11 Å². The zero-order valence-electron chi connectivity index (χ0n) is 16.2. The summed E-state index contributed by atoms with van der Waals surface area (Å²) < 4.78 is 15.7. The first-order valence-corrected chi connectivity index (χ1v) is 9.07. The van der Waals surface area contributed by atoms with Gasteiger partial charge in [-0.25, -0.2) is 0 Å². The minimum atomic E-state index is -0.216. The van der Waals surface area contributed by atoms with Gasteiger partial charge in [0.1, 0.15) is 5.75 Å². The highest BCUT2D eigenvalue weighted by Gasteiger charge is 2.31. The molecule has 1 saturated heterocycles. The molecule has 0 aliphatic carbocycles. The number of aryl methyl sites for hydroxylation is 2. The highest BCUT2D eigenvalue weighted by Crippen LogP contribution is 2.28. The van der Waals surface area contributed by atoms with Crippen molar-refractivity contribution in [2.24, 2.45) is 5.92 Å². The van der Waals surface area contributed by atoms with Crippen LogP contribution in [0.15, 0.2) is 28.7 Å². The second kappa shape index (κ2) is 7.86. The van der Waals surface area contributed by atoms with Gasteiger partial charge in [-0.1, -0.05) is 0 Å². The Kier molecular flexibility index (Phi) is 5.54. The molecule has 144 valence electrons. The first-order chi connectivity index (χ1) is 12.9. The maximum atomic E-state index is 13.0. The van der Waals surface area contributed by atoms with Crippen LogP contribution in [0.2, 0.25) is 0 Å². The van der Waals surface area contributed by atoms with Gasteiger partial charge >= 0.3 is 0 Å². The second-order valence-corrected chi connectivity index (χ2v) is 6.92. The maximum Gasteiger partial charge on any atom is 0.289 e. The molecule has 1 aliphatic rings. The van der Waals surface area contributed by atoms with Crippen molar-refractivity contribution in [2.75, 3.05) is 27.3 Å². The van der Waals surface area contributed by atoms with Gasteiger partial charge in [-0.15, -0.1) is 0 Å². The highest BCUT2D eigenvalue weighted by atomic mass is 16.6. The SMILES string of the molecule is COc1ccc(C(=O)N2CCC[C@@H](C(=O)c3cc(C)c(OC)c(C)c3)C2)o1. The quantitative estimate of drug-likeness (QED) is 0.751. The molecular formula is C21H25NO5. The van der Waals surface area contributed by atoms with Crippen LogP contribution < -0.4 is 9.47 Å². The Bertz CT molecular complexity index is 831. The van der Waals surface area contributed by atoms with E-state index in [4.69, 9.17) is 13.9 Å². The van der Waals surface area contributed by atoms with Gasteiger partial charge < -0.3 is 18.8 Å². The third-order valence-electron chi connectivity index (χ3n) is 5.02. The standard InChI is InChI=1S/C21H25NO5/c1-13-10-16(11-14(2)20(13)26-4)19(23)15-6-5-9-22(12-15)21(24)17-7-8-18(25-3)27-17/h7-8,10-11,15H,5-6,9,12H2,1-4H3/t15-/m1/s1. The fourth-order valence-electron chi connectivity index (χ4n) is 3.73.